The number of amides is 1. The Morgan fingerprint density at radius 3 is 2.05 bits per heavy atom. The van der Waals surface area contributed by atoms with Gasteiger partial charge in [0.15, 0.2) is 6.23 Å². The van der Waals surface area contributed by atoms with Crippen LogP contribution in [0.4, 0.5) is 4.79 Å². The van der Waals surface area contributed by atoms with Gasteiger partial charge in [-0.1, -0.05) is 60.7 Å². The van der Waals surface area contributed by atoms with E-state index in [1.165, 1.54) is 0 Å². The molecule has 1 aliphatic rings. The molecule has 0 saturated heterocycles. The molecule has 0 bridgehead atoms. The summed E-state index contributed by atoms with van der Waals surface area (Å²) in [5.74, 6) is -1.37. The van der Waals surface area contributed by atoms with Crippen LogP contribution in [0.3, 0.4) is 0 Å². The maximum absolute atomic E-state index is 12.6. The molecule has 2 atom stereocenters. The number of carboxylic acid groups (broad SMARTS) is 1. The summed E-state index contributed by atoms with van der Waals surface area (Å²) in [7, 11) is 0. The van der Waals surface area contributed by atoms with Crippen molar-refractivity contribution in [1.82, 2.24) is 5.32 Å². The highest BCUT2D eigenvalue weighted by molar-refractivity contribution is 5.81. The Labute approximate surface area is 233 Å². The fraction of sp³-hybridized carbons (Fsp3) is 0.323. The van der Waals surface area contributed by atoms with Crippen LogP contribution in [0.2, 0.25) is 0 Å². The topological polar surface area (TPSA) is 137 Å². The number of carbonyl (C=O) groups is 3. The van der Waals surface area contributed by atoms with E-state index in [-0.39, 0.29) is 25.4 Å². The van der Waals surface area contributed by atoms with Crippen LogP contribution in [-0.4, -0.2) is 47.6 Å². The lowest BCUT2D eigenvalue weighted by molar-refractivity contribution is -0.156. The maximum atomic E-state index is 12.6. The van der Waals surface area contributed by atoms with Crippen molar-refractivity contribution in [1.29, 1.82) is 0 Å². The molecule has 40 heavy (non-hydrogen) atoms. The molecule has 3 aromatic rings. The van der Waals surface area contributed by atoms with E-state index < -0.39 is 35.9 Å². The van der Waals surface area contributed by atoms with Crippen LogP contribution < -0.4 is 15.8 Å². The molecule has 4 N–H and O–H groups in total. The summed E-state index contributed by atoms with van der Waals surface area (Å²) >= 11 is 0. The smallest absolute Gasteiger partial charge is 0.407 e. The summed E-state index contributed by atoms with van der Waals surface area (Å²) in [6.45, 7) is 5.39. The third kappa shape index (κ3) is 7.39. The van der Waals surface area contributed by atoms with Gasteiger partial charge in [0.25, 0.3) is 0 Å². The van der Waals surface area contributed by atoms with Crippen molar-refractivity contribution >= 4 is 18.0 Å². The van der Waals surface area contributed by atoms with Gasteiger partial charge in [-0.3, -0.25) is 10.5 Å². The van der Waals surface area contributed by atoms with Gasteiger partial charge < -0.3 is 24.6 Å². The van der Waals surface area contributed by atoms with Gasteiger partial charge in [0.1, 0.15) is 24.0 Å². The zero-order chi connectivity index (χ0) is 28.9. The van der Waals surface area contributed by atoms with Crippen LogP contribution in [0.5, 0.6) is 5.75 Å². The van der Waals surface area contributed by atoms with Gasteiger partial charge in [0.2, 0.25) is 0 Å². The van der Waals surface area contributed by atoms with Gasteiger partial charge in [0, 0.05) is 12.3 Å². The van der Waals surface area contributed by atoms with Crippen molar-refractivity contribution in [2.45, 2.75) is 57.4 Å². The number of benzene rings is 3. The number of fused-ring (bicyclic) bond motifs is 3. The molecule has 0 aliphatic heterocycles. The van der Waals surface area contributed by atoms with E-state index in [9.17, 15) is 19.5 Å². The third-order valence-electron chi connectivity index (χ3n) is 6.37. The zero-order valence-electron chi connectivity index (χ0n) is 22.8. The highest BCUT2D eigenvalue weighted by Gasteiger charge is 2.30. The number of rotatable bonds is 10. The molecule has 1 amide bonds. The van der Waals surface area contributed by atoms with Crippen molar-refractivity contribution in [3.05, 3.63) is 89.5 Å². The Morgan fingerprint density at radius 1 is 0.925 bits per heavy atom. The average molecular weight is 547 g/mol. The minimum absolute atomic E-state index is 0.0315. The summed E-state index contributed by atoms with van der Waals surface area (Å²) < 4.78 is 16.3. The summed E-state index contributed by atoms with van der Waals surface area (Å²) in [6.07, 6.45) is -1.79. The second-order valence-corrected chi connectivity index (χ2v) is 10.7. The predicted molar refractivity (Wildman–Crippen MR) is 149 cm³/mol. The molecule has 0 saturated carbocycles. The molecule has 0 heterocycles. The molecule has 0 aromatic heterocycles. The monoisotopic (exact) mass is 546 g/mol. The Hall–Kier alpha value is -4.37. The van der Waals surface area contributed by atoms with Gasteiger partial charge in [-0.05, 0) is 60.7 Å². The second-order valence-electron chi connectivity index (χ2n) is 10.7. The summed E-state index contributed by atoms with van der Waals surface area (Å²) in [6, 6.07) is 21.3. The fourth-order valence-corrected chi connectivity index (χ4v) is 4.69. The molecule has 0 fully saturated rings. The molecule has 1 unspecified atom stereocenters. The van der Waals surface area contributed by atoms with Gasteiger partial charge in [0.05, 0.1) is 6.42 Å². The molecule has 210 valence electrons. The van der Waals surface area contributed by atoms with Crippen LogP contribution >= 0.6 is 0 Å². The molecular weight excluding hydrogens is 512 g/mol. The van der Waals surface area contributed by atoms with E-state index >= 15 is 0 Å². The van der Waals surface area contributed by atoms with Gasteiger partial charge in [-0.2, -0.15) is 0 Å². The first kappa shape index (κ1) is 28.6. The van der Waals surface area contributed by atoms with Crippen LogP contribution in [0.15, 0.2) is 72.8 Å². The average Bonchev–Trinajstić information content (AvgIpc) is 3.20. The standard InChI is InChI=1S/C31H34N2O7/c1-31(2,3)40-28(34)17-27(32)39-20-14-12-19(13-15-20)16-26(29(35)36)33-30(37)38-18-25-23-10-6-4-8-21(23)22-9-5-7-11-24(22)25/h4-15,25-27H,16-18,32H2,1-3H3,(H,33,37)(H,35,36)/t26-,27?/m0/s1. The number of carboxylic acids is 1. The normalized spacial score (nSPS) is 13.9. The van der Waals surface area contributed by atoms with Crippen LogP contribution in [-0.2, 0) is 25.5 Å². The number of esters is 1. The first-order valence-electron chi connectivity index (χ1n) is 13.1. The van der Waals surface area contributed by atoms with E-state index in [1.54, 1.807) is 45.0 Å². The number of nitrogens with two attached hydrogens (primary N) is 1. The number of carbonyl (C=O) groups excluding carboxylic acids is 2. The lowest BCUT2D eigenvalue weighted by Crippen LogP contribution is -2.42. The van der Waals surface area contributed by atoms with Crippen molar-refractivity contribution < 1.29 is 33.7 Å². The number of ether oxygens (including phenoxy) is 3. The first-order valence-corrected chi connectivity index (χ1v) is 13.1. The molecule has 0 radical (unpaired) electrons. The molecule has 9 nitrogen and oxygen atoms in total. The van der Waals surface area contributed by atoms with Gasteiger partial charge in [-0.15, -0.1) is 0 Å². The second kappa shape index (κ2) is 12.2. The SMILES string of the molecule is CC(C)(C)OC(=O)CC(N)Oc1ccc(C[C@H](NC(=O)OCC2c3ccccc3-c3ccccc32)C(=O)O)cc1. The first-order chi connectivity index (χ1) is 19.0. The summed E-state index contributed by atoms with van der Waals surface area (Å²) in [5, 5.41) is 12.2. The highest BCUT2D eigenvalue weighted by Crippen LogP contribution is 2.44. The fourth-order valence-electron chi connectivity index (χ4n) is 4.69. The van der Waals surface area contributed by atoms with Crippen LogP contribution in [0.25, 0.3) is 11.1 Å². The molecule has 0 spiro atoms. The van der Waals surface area contributed by atoms with E-state index in [0.717, 1.165) is 22.3 Å². The Morgan fingerprint density at radius 2 is 1.50 bits per heavy atom. The number of aliphatic carboxylic acids is 1. The number of alkyl carbamates (subject to hydrolysis) is 1. The Balaban J connectivity index is 1.30. The van der Waals surface area contributed by atoms with Crippen molar-refractivity contribution in [2.24, 2.45) is 5.73 Å². The number of nitrogens with one attached hydrogen (secondary N) is 1. The van der Waals surface area contributed by atoms with Gasteiger partial charge in [-0.25, -0.2) is 9.59 Å². The van der Waals surface area contributed by atoms with E-state index in [2.05, 4.69) is 5.32 Å². The lowest BCUT2D eigenvalue weighted by Gasteiger charge is -2.21. The molecule has 4 rings (SSSR count). The quantitative estimate of drug-likeness (QED) is 0.248. The van der Waals surface area contributed by atoms with Crippen molar-refractivity contribution in [2.75, 3.05) is 6.61 Å². The van der Waals surface area contributed by atoms with E-state index in [4.69, 9.17) is 19.9 Å². The number of hydrogen-bond acceptors (Lipinski definition) is 7. The third-order valence-corrected chi connectivity index (χ3v) is 6.37. The lowest BCUT2D eigenvalue weighted by atomic mass is 9.98. The molecule has 9 heteroatoms. The Kier molecular flexibility index (Phi) is 8.74. The highest BCUT2D eigenvalue weighted by atomic mass is 16.6. The zero-order valence-corrected chi connectivity index (χ0v) is 22.8. The molecule has 1 aliphatic carbocycles. The minimum atomic E-state index is -1.20. The van der Waals surface area contributed by atoms with Crippen LogP contribution in [0, 0.1) is 0 Å². The van der Waals surface area contributed by atoms with Crippen molar-refractivity contribution in [3.8, 4) is 16.9 Å². The molecule has 3 aromatic carbocycles. The van der Waals surface area contributed by atoms with Crippen LogP contribution in [0.1, 0.15) is 49.8 Å². The Bertz CT molecular complexity index is 1320. The van der Waals surface area contributed by atoms with Gasteiger partial charge >= 0.3 is 18.0 Å². The largest absolute Gasteiger partial charge is 0.480 e. The minimum Gasteiger partial charge on any atom is -0.480 e. The summed E-state index contributed by atoms with van der Waals surface area (Å²) in [5.41, 5.74) is 10.3. The summed E-state index contributed by atoms with van der Waals surface area (Å²) in [4.78, 5) is 36.4. The number of hydrogen-bond donors (Lipinski definition) is 3. The van der Waals surface area contributed by atoms with E-state index in [1.807, 2.05) is 48.5 Å². The molecular formula is C31H34N2O7. The van der Waals surface area contributed by atoms with E-state index in [0.29, 0.717) is 11.3 Å². The predicted octanol–water partition coefficient (Wildman–Crippen LogP) is 4.62. The van der Waals surface area contributed by atoms with Crippen molar-refractivity contribution in [3.63, 3.8) is 0 Å². The maximum Gasteiger partial charge on any atom is 0.407 e.